The van der Waals surface area contributed by atoms with Gasteiger partial charge in [0.25, 0.3) is 0 Å². The van der Waals surface area contributed by atoms with E-state index in [-0.39, 0.29) is 5.41 Å². The maximum absolute atomic E-state index is 12.6. The Hall–Kier alpha value is -0.570. The molecule has 2 rings (SSSR count). The third-order valence-electron chi connectivity index (χ3n) is 4.61. The molecule has 0 bridgehead atoms. The molecule has 0 aromatic rings. The molecule has 0 unspecified atom stereocenters. The fourth-order valence-electron chi connectivity index (χ4n) is 3.55. The number of carbonyl (C=O) groups is 1. The molecule has 2 aliphatic rings. The SMILES string of the molecule is CC(C)CC(C)(C)C(=O)N1CCC2(CC1)CNC2. The molecule has 1 amide bonds. The molecule has 3 heteroatoms. The largest absolute Gasteiger partial charge is 0.342 e. The number of amides is 1. The lowest BCUT2D eigenvalue weighted by Crippen LogP contribution is -2.59. The highest BCUT2D eigenvalue weighted by Gasteiger charge is 2.42. The number of carbonyl (C=O) groups excluding carboxylic acids is 1. The lowest BCUT2D eigenvalue weighted by atomic mass is 9.73. The summed E-state index contributed by atoms with van der Waals surface area (Å²) in [6, 6.07) is 0. The first kappa shape index (κ1) is 13.9. The van der Waals surface area contributed by atoms with Crippen LogP contribution in [0.25, 0.3) is 0 Å². The second-order valence-corrected chi connectivity index (χ2v) is 7.38. The van der Waals surface area contributed by atoms with Gasteiger partial charge in [0.1, 0.15) is 0 Å². The van der Waals surface area contributed by atoms with Crippen LogP contribution in [0.1, 0.15) is 47.0 Å². The molecule has 18 heavy (non-hydrogen) atoms. The number of hydrogen-bond acceptors (Lipinski definition) is 2. The minimum atomic E-state index is -0.198. The zero-order chi connectivity index (χ0) is 13.4. The number of likely N-dealkylation sites (tertiary alicyclic amines) is 1. The number of nitrogens with zero attached hydrogens (tertiary/aromatic N) is 1. The topological polar surface area (TPSA) is 32.3 Å². The van der Waals surface area contributed by atoms with Crippen molar-refractivity contribution >= 4 is 5.91 Å². The van der Waals surface area contributed by atoms with E-state index < -0.39 is 0 Å². The Kier molecular flexibility index (Phi) is 3.72. The molecular weight excluding hydrogens is 224 g/mol. The summed E-state index contributed by atoms with van der Waals surface area (Å²) in [6.45, 7) is 12.8. The van der Waals surface area contributed by atoms with Crippen molar-refractivity contribution < 1.29 is 4.79 Å². The van der Waals surface area contributed by atoms with Crippen molar-refractivity contribution in [2.45, 2.75) is 47.0 Å². The molecule has 2 fully saturated rings. The Balaban J connectivity index is 1.90. The van der Waals surface area contributed by atoms with E-state index in [0.717, 1.165) is 32.6 Å². The highest BCUT2D eigenvalue weighted by atomic mass is 16.2. The van der Waals surface area contributed by atoms with Crippen LogP contribution < -0.4 is 5.32 Å². The van der Waals surface area contributed by atoms with Gasteiger partial charge in [-0.2, -0.15) is 0 Å². The van der Waals surface area contributed by atoms with Crippen LogP contribution in [-0.2, 0) is 4.79 Å². The van der Waals surface area contributed by atoms with Crippen LogP contribution in [0.5, 0.6) is 0 Å². The molecule has 3 nitrogen and oxygen atoms in total. The highest BCUT2D eigenvalue weighted by molar-refractivity contribution is 5.82. The number of rotatable bonds is 3. The molecule has 0 aliphatic carbocycles. The smallest absolute Gasteiger partial charge is 0.228 e. The predicted octanol–water partition coefficient (Wildman–Crippen LogP) is 2.27. The van der Waals surface area contributed by atoms with Crippen LogP contribution in [0.2, 0.25) is 0 Å². The second kappa shape index (κ2) is 4.84. The van der Waals surface area contributed by atoms with Crippen LogP contribution in [-0.4, -0.2) is 37.0 Å². The maximum Gasteiger partial charge on any atom is 0.228 e. The van der Waals surface area contributed by atoms with Crippen molar-refractivity contribution in [3.63, 3.8) is 0 Å². The predicted molar refractivity (Wildman–Crippen MR) is 74.4 cm³/mol. The molecule has 0 saturated carbocycles. The normalized spacial score (nSPS) is 23.3. The summed E-state index contributed by atoms with van der Waals surface area (Å²) >= 11 is 0. The highest BCUT2D eigenvalue weighted by Crippen LogP contribution is 2.37. The third kappa shape index (κ3) is 2.71. The van der Waals surface area contributed by atoms with Crippen LogP contribution in [0.3, 0.4) is 0 Å². The molecule has 2 aliphatic heterocycles. The zero-order valence-electron chi connectivity index (χ0n) is 12.4. The minimum absolute atomic E-state index is 0.198. The molecular formula is C15H28N2O. The van der Waals surface area contributed by atoms with Crippen molar-refractivity contribution in [3.8, 4) is 0 Å². The number of hydrogen-bond donors (Lipinski definition) is 1. The Labute approximate surface area is 111 Å². The molecule has 0 radical (unpaired) electrons. The fourth-order valence-corrected chi connectivity index (χ4v) is 3.55. The van der Waals surface area contributed by atoms with E-state index in [1.54, 1.807) is 0 Å². The van der Waals surface area contributed by atoms with Gasteiger partial charge in [0.2, 0.25) is 5.91 Å². The van der Waals surface area contributed by atoms with E-state index in [0.29, 0.717) is 17.2 Å². The van der Waals surface area contributed by atoms with Crippen molar-refractivity contribution in [2.24, 2.45) is 16.7 Å². The number of piperidine rings is 1. The summed E-state index contributed by atoms with van der Waals surface area (Å²) in [5, 5.41) is 3.37. The van der Waals surface area contributed by atoms with Gasteiger partial charge in [-0.1, -0.05) is 27.7 Å². The van der Waals surface area contributed by atoms with E-state index >= 15 is 0 Å². The van der Waals surface area contributed by atoms with Crippen molar-refractivity contribution in [2.75, 3.05) is 26.2 Å². The Morgan fingerprint density at radius 1 is 1.28 bits per heavy atom. The summed E-state index contributed by atoms with van der Waals surface area (Å²) < 4.78 is 0. The van der Waals surface area contributed by atoms with Gasteiger partial charge in [0.05, 0.1) is 0 Å². The van der Waals surface area contributed by atoms with E-state index in [4.69, 9.17) is 0 Å². The van der Waals surface area contributed by atoms with Gasteiger partial charge in [-0.15, -0.1) is 0 Å². The van der Waals surface area contributed by atoms with Crippen LogP contribution >= 0.6 is 0 Å². The Bertz CT molecular complexity index is 308. The van der Waals surface area contributed by atoms with Crippen LogP contribution in [0, 0.1) is 16.7 Å². The minimum Gasteiger partial charge on any atom is -0.342 e. The first-order valence-corrected chi connectivity index (χ1v) is 7.35. The molecule has 104 valence electrons. The molecule has 0 atom stereocenters. The molecule has 1 N–H and O–H groups in total. The van der Waals surface area contributed by atoms with E-state index in [1.165, 1.54) is 12.8 Å². The van der Waals surface area contributed by atoms with Crippen LogP contribution in [0.4, 0.5) is 0 Å². The average Bonchev–Trinajstić information content (AvgIpc) is 2.24. The zero-order valence-corrected chi connectivity index (χ0v) is 12.4. The molecule has 0 aromatic heterocycles. The summed E-state index contributed by atoms with van der Waals surface area (Å²) in [6.07, 6.45) is 3.35. The average molecular weight is 252 g/mol. The first-order valence-electron chi connectivity index (χ1n) is 7.35. The van der Waals surface area contributed by atoms with Gasteiger partial charge < -0.3 is 10.2 Å². The standard InChI is InChI=1S/C15H28N2O/c1-12(2)9-14(3,4)13(18)17-7-5-15(6-8-17)10-16-11-15/h12,16H,5-11H2,1-4H3. The van der Waals surface area contributed by atoms with Gasteiger partial charge in [-0.25, -0.2) is 0 Å². The Morgan fingerprint density at radius 3 is 2.22 bits per heavy atom. The quantitative estimate of drug-likeness (QED) is 0.835. The van der Waals surface area contributed by atoms with E-state index in [9.17, 15) is 4.79 Å². The van der Waals surface area contributed by atoms with Crippen molar-refractivity contribution in [1.82, 2.24) is 10.2 Å². The molecule has 0 aromatic carbocycles. The molecule has 1 spiro atoms. The second-order valence-electron chi connectivity index (χ2n) is 7.38. The van der Waals surface area contributed by atoms with Gasteiger partial charge >= 0.3 is 0 Å². The van der Waals surface area contributed by atoms with E-state index in [1.807, 2.05) is 0 Å². The first-order chi connectivity index (χ1) is 8.35. The molecule has 2 heterocycles. The van der Waals surface area contributed by atoms with E-state index in [2.05, 4.69) is 37.9 Å². The summed E-state index contributed by atoms with van der Waals surface area (Å²) in [5.41, 5.74) is 0.329. The summed E-state index contributed by atoms with van der Waals surface area (Å²) in [7, 11) is 0. The monoisotopic (exact) mass is 252 g/mol. The van der Waals surface area contributed by atoms with Gasteiger partial charge in [0.15, 0.2) is 0 Å². The fraction of sp³-hybridized carbons (Fsp3) is 0.933. The lowest BCUT2D eigenvalue weighted by Gasteiger charge is -2.49. The molecule has 2 saturated heterocycles. The van der Waals surface area contributed by atoms with Crippen LogP contribution in [0.15, 0.2) is 0 Å². The van der Waals surface area contributed by atoms with Crippen molar-refractivity contribution in [1.29, 1.82) is 0 Å². The number of nitrogens with one attached hydrogen (secondary N) is 1. The third-order valence-corrected chi connectivity index (χ3v) is 4.61. The van der Waals surface area contributed by atoms with Gasteiger partial charge in [0, 0.05) is 31.6 Å². The lowest BCUT2D eigenvalue weighted by molar-refractivity contribution is -0.144. The van der Waals surface area contributed by atoms with Gasteiger partial charge in [-0.3, -0.25) is 4.79 Å². The summed E-state index contributed by atoms with van der Waals surface area (Å²) in [5.74, 6) is 0.939. The summed E-state index contributed by atoms with van der Waals surface area (Å²) in [4.78, 5) is 14.7. The maximum atomic E-state index is 12.6. The van der Waals surface area contributed by atoms with Crippen molar-refractivity contribution in [3.05, 3.63) is 0 Å². The Morgan fingerprint density at radius 2 is 1.83 bits per heavy atom. The van der Waals surface area contributed by atoms with Gasteiger partial charge in [-0.05, 0) is 30.6 Å².